The van der Waals surface area contributed by atoms with Gasteiger partial charge in [-0.3, -0.25) is 4.79 Å². The van der Waals surface area contributed by atoms with Gasteiger partial charge in [0.25, 0.3) is 5.91 Å². The molecule has 0 unspecified atom stereocenters. The molecule has 3 nitrogen and oxygen atoms in total. The summed E-state index contributed by atoms with van der Waals surface area (Å²) >= 11 is 0. The number of hydrogen-bond acceptors (Lipinski definition) is 2. The minimum atomic E-state index is -0.636. The van der Waals surface area contributed by atoms with Crippen LogP contribution in [0.5, 0.6) is 5.75 Å². The fourth-order valence-electron chi connectivity index (χ4n) is 2.01. The molecule has 2 aromatic carbocycles. The van der Waals surface area contributed by atoms with E-state index in [1.165, 1.54) is 24.3 Å². The highest BCUT2D eigenvalue weighted by Gasteiger charge is 2.13. The zero-order chi connectivity index (χ0) is 15.4. The van der Waals surface area contributed by atoms with Crippen molar-refractivity contribution in [3.63, 3.8) is 0 Å². The van der Waals surface area contributed by atoms with E-state index in [1.54, 1.807) is 19.1 Å². The molecular formula is C16H15F2NO2. The van der Waals surface area contributed by atoms with Crippen molar-refractivity contribution in [2.24, 2.45) is 0 Å². The Morgan fingerprint density at radius 2 is 1.76 bits per heavy atom. The highest BCUT2D eigenvalue weighted by Crippen LogP contribution is 2.21. The van der Waals surface area contributed by atoms with Gasteiger partial charge in [0, 0.05) is 12.1 Å². The van der Waals surface area contributed by atoms with Crippen LogP contribution in [0.3, 0.4) is 0 Å². The number of para-hydroxylation sites is 1. The van der Waals surface area contributed by atoms with Crippen molar-refractivity contribution >= 4 is 5.91 Å². The van der Waals surface area contributed by atoms with E-state index in [-0.39, 0.29) is 29.8 Å². The number of phenolic OH excluding ortho intramolecular Hbond substituents is 1. The largest absolute Gasteiger partial charge is 0.507 e. The molecule has 110 valence electrons. The molecule has 0 fully saturated rings. The van der Waals surface area contributed by atoms with Crippen molar-refractivity contribution in [1.82, 2.24) is 5.32 Å². The molecule has 0 heterocycles. The minimum absolute atomic E-state index is 0.0385. The van der Waals surface area contributed by atoms with Crippen LogP contribution in [0.15, 0.2) is 36.4 Å². The van der Waals surface area contributed by atoms with E-state index in [2.05, 4.69) is 5.32 Å². The second kappa shape index (κ2) is 6.35. The maximum Gasteiger partial charge on any atom is 0.255 e. The van der Waals surface area contributed by atoms with Crippen molar-refractivity contribution in [2.45, 2.75) is 13.3 Å². The first-order valence-corrected chi connectivity index (χ1v) is 6.50. The Bertz CT molecular complexity index is 651. The summed E-state index contributed by atoms with van der Waals surface area (Å²) in [4.78, 5) is 11.9. The minimum Gasteiger partial charge on any atom is -0.507 e. The molecular weight excluding hydrogens is 276 g/mol. The molecule has 0 aliphatic rings. The smallest absolute Gasteiger partial charge is 0.255 e. The molecule has 0 bridgehead atoms. The number of carbonyl (C=O) groups is 1. The third-order valence-corrected chi connectivity index (χ3v) is 3.20. The van der Waals surface area contributed by atoms with Gasteiger partial charge in [-0.2, -0.15) is 0 Å². The summed E-state index contributed by atoms with van der Waals surface area (Å²) in [6.07, 6.45) is 0.0385. The van der Waals surface area contributed by atoms with Crippen LogP contribution in [-0.4, -0.2) is 17.6 Å². The lowest BCUT2D eigenvalue weighted by Crippen LogP contribution is -2.26. The van der Waals surface area contributed by atoms with Crippen LogP contribution in [0.4, 0.5) is 8.78 Å². The molecule has 0 saturated heterocycles. The van der Waals surface area contributed by atoms with Crippen molar-refractivity contribution in [3.8, 4) is 5.75 Å². The van der Waals surface area contributed by atoms with Gasteiger partial charge < -0.3 is 10.4 Å². The van der Waals surface area contributed by atoms with Crippen molar-refractivity contribution < 1.29 is 18.7 Å². The van der Waals surface area contributed by atoms with E-state index in [0.29, 0.717) is 5.56 Å². The topological polar surface area (TPSA) is 49.3 Å². The molecule has 2 aromatic rings. The monoisotopic (exact) mass is 291 g/mol. The lowest BCUT2D eigenvalue weighted by molar-refractivity contribution is 0.0951. The number of benzene rings is 2. The molecule has 5 heteroatoms. The number of amides is 1. The van der Waals surface area contributed by atoms with Crippen LogP contribution < -0.4 is 5.32 Å². The summed E-state index contributed by atoms with van der Waals surface area (Å²) in [5.74, 6) is -1.84. The molecule has 21 heavy (non-hydrogen) atoms. The van der Waals surface area contributed by atoms with E-state index in [9.17, 15) is 18.7 Å². The average Bonchev–Trinajstić information content (AvgIpc) is 2.45. The van der Waals surface area contributed by atoms with E-state index in [4.69, 9.17) is 0 Å². The Labute approximate surface area is 121 Å². The average molecular weight is 291 g/mol. The number of halogens is 2. The first kappa shape index (κ1) is 15.0. The fraction of sp³-hybridized carbons (Fsp3) is 0.188. The second-order valence-electron chi connectivity index (χ2n) is 4.68. The van der Waals surface area contributed by atoms with Crippen LogP contribution in [0.2, 0.25) is 0 Å². The van der Waals surface area contributed by atoms with Gasteiger partial charge >= 0.3 is 0 Å². The number of carbonyl (C=O) groups excluding carboxylic acids is 1. The van der Waals surface area contributed by atoms with E-state index < -0.39 is 17.5 Å². The maximum atomic E-state index is 13.4. The van der Waals surface area contributed by atoms with Gasteiger partial charge in [0.15, 0.2) is 0 Å². The Kier molecular flexibility index (Phi) is 4.52. The fourth-order valence-corrected chi connectivity index (χ4v) is 2.01. The number of rotatable bonds is 4. The Balaban J connectivity index is 2.01. The zero-order valence-electron chi connectivity index (χ0n) is 11.5. The van der Waals surface area contributed by atoms with Gasteiger partial charge in [-0.25, -0.2) is 8.78 Å². The molecule has 0 radical (unpaired) electrons. The summed E-state index contributed by atoms with van der Waals surface area (Å²) in [5.41, 5.74) is 0.665. The van der Waals surface area contributed by atoms with Crippen LogP contribution in [0.25, 0.3) is 0 Å². The molecule has 2 rings (SSSR count). The highest BCUT2D eigenvalue weighted by molar-refractivity contribution is 5.97. The third kappa shape index (κ3) is 3.37. The standard InChI is InChI=1S/C16H15F2NO2/c1-10-4-2-5-12(15(10)20)16(21)19-9-8-11-13(17)6-3-7-14(11)18/h2-7,20H,8-9H2,1H3,(H,19,21). The van der Waals surface area contributed by atoms with Gasteiger partial charge in [0.05, 0.1) is 5.56 Å². The lowest BCUT2D eigenvalue weighted by Gasteiger charge is -2.09. The Morgan fingerprint density at radius 3 is 2.43 bits per heavy atom. The number of hydrogen-bond donors (Lipinski definition) is 2. The SMILES string of the molecule is Cc1cccc(C(=O)NCCc2c(F)cccc2F)c1O. The predicted molar refractivity (Wildman–Crippen MR) is 75.2 cm³/mol. The summed E-state index contributed by atoms with van der Waals surface area (Å²) in [6, 6.07) is 8.46. The predicted octanol–water partition coefficient (Wildman–Crippen LogP) is 2.95. The highest BCUT2D eigenvalue weighted by atomic mass is 19.1. The van der Waals surface area contributed by atoms with Gasteiger partial charge in [-0.15, -0.1) is 0 Å². The first-order chi connectivity index (χ1) is 10.0. The maximum absolute atomic E-state index is 13.4. The molecule has 1 amide bonds. The van der Waals surface area contributed by atoms with Crippen LogP contribution in [0, 0.1) is 18.6 Å². The molecule has 0 aromatic heterocycles. The molecule has 0 saturated carbocycles. The lowest BCUT2D eigenvalue weighted by atomic mass is 10.1. The van der Waals surface area contributed by atoms with Gasteiger partial charge in [0.1, 0.15) is 17.4 Å². The van der Waals surface area contributed by atoms with Crippen molar-refractivity contribution in [3.05, 3.63) is 64.7 Å². The van der Waals surface area contributed by atoms with Crippen molar-refractivity contribution in [2.75, 3.05) is 6.54 Å². The van der Waals surface area contributed by atoms with E-state index in [1.807, 2.05) is 0 Å². The summed E-state index contributed by atoms with van der Waals surface area (Å²) < 4.78 is 26.8. The number of aryl methyl sites for hydroxylation is 1. The quantitative estimate of drug-likeness (QED) is 0.910. The molecule has 0 aliphatic heterocycles. The molecule has 0 aliphatic carbocycles. The Morgan fingerprint density at radius 1 is 1.14 bits per heavy atom. The number of nitrogens with one attached hydrogen (secondary N) is 1. The zero-order valence-corrected chi connectivity index (χ0v) is 11.5. The summed E-state index contributed by atoms with van der Waals surface area (Å²) in [7, 11) is 0. The number of phenols is 1. The van der Waals surface area contributed by atoms with E-state index in [0.717, 1.165) is 0 Å². The molecule has 0 spiro atoms. The third-order valence-electron chi connectivity index (χ3n) is 3.20. The Hall–Kier alpha value is -2.43. The van der Waals surface area contributed by atoms with Crippen molar-refractivity contribution in [1.29, 1.82) is 0 Å². The van der Waals surface area contributed by atoms with E-state index >= 15 is 0 Å². The van der Waals surface area contributed by atoms with Gasteiger partial charge in [-0.1, -0.05) is 18.2 Å². The number of aromatic hydroxyl groups is 1. The van der Waals surface area contributed by atoms with Gasteiger partial charge in [0.2, 0.25) is 0 Å². The first-order valence-electron chi connectivity index (χ1n) is 6.50. The summed E-state index contributed by atoms with van der Waals surface area (Å²) in [6.45, 7) is 1.75. The summed E-state index contributed by atoms with van der Waals surface area (Å²) in [5, 5.41) is 12.3. The van der Waals surface area contributed by atoms with Crippen LogP contribution in [-0.2, 0) is 6.42 Å². The van der Waals surface area contributed by atoms with Gasteiger partial charge in [-0.05, 0) is 37.1 Å². The van der Waals surface area contributed by atoms with Crippen LogP contribution in [0.1, 0.15) is 21.5 Å². The normalized spacial score (nSPS) is 10.4. The second-order valence-corrected chi connectivity index (χ2v) is 4.68. The molecule has 2 N–H and O–H groups in total. The molecule has 0 atom stereocenters. The van der Waals surface area contributed by atoms with Crippen LogP contribution >= 0.6 is 0 Å².